The van der Waals surface area contributed by atoms with E-state index in [9.17, 15) is 0 Å². The molecule has 4 heteroatoms. The molecule has 3 nitrogen and oxygen atoms in total. The fourth-order valence-electron chi connectivity index (χ4n) is 2.65. The van der Waals surface area contributed by atoms with Crippen LogP contribution in [0.1, 0.15) is 19.8 Å². The molecule has 2 unspecified atom stereocenters. The summed E-state index contributed by atoms with van der Waals surface area (Å²) in [5.41, 5.74) is 1.27. The van der Waals surface area contributed by atoms with Crippen molar-refractivity contribution < 1.29 is 4.74 Å². The van der Waals surface area contributed by atoms with Gasteiger partial charge in [-0.1, -0.05) is 0 Å². The van der Waals surface area contributed by atoms with Gasteiger partial charge in [0.2, 0.25) is 0 Å². The van der Waals surface area contributed by atoms with Crippen molar-refractivity contribution in [1.29, 1.82) is 0 Å². The average Bonchev–Trinajstić information content (AvgIpc) is 2.38. The highest BCUT2D eigenvalue weighted by molar-refractivity contribution is 9.10. The Morgan fingerprint density at radius 3 is 2.78 bits per heavy atom. The van der Waals surface area contributed by atoms with Gasteiger partial charge >= 0.3 is 0 Å². The SMILES string of the molecule is CNC1CCN(c2ccc(OC)c(Br)c2)C(C)C1. The Hall–Kier alpha value is -0.740. The van der Waals surface area contributed by atoms with Gasteiger partial charge in [-0.2, -0.15) is 0 Å². The smallest absolute Gasteiger partial charge is 0.133 e. The van der Waals surface area contributed by atoms with Crippen molar-refractivity contribution in [3.8, 4) is 5.75 Å². The van der Waals surface area contributed by atoms with Crippen LogP contribution in [0.3, 0.4) is 0 Å². The largest absolute Gasteiger partial charge is 0.496 e. The topological polar surface area (TPSA) is 24.5 Å². The number of rotatable bonds is 3. The normalized spacial score (nSPS) is 24.1. The van der Waals surface area contributed by atoms with Crippen LogP contribution in [0.25, 0.3) is 0 Å². The van der Waals surface area contributed by atoms with E-state index >= 15 is 0 Å². The first-order chi connectivity index (χ1) is 8.65. The zero-order valence-corrected chi connectivity index (χ0v) is 12.8. The van der Waals surface area contributed by atoms with Gasteiger partial charge in [-0.05, 0) is 60.9 Å². The van der Waals surface area contributed by atoms with Gasteiger partial charge in [-0.25, -0.2) is 0 Å². The summed E-state index contributed by atoms with van der Waals surface area (Å²) in [6.45, 7) is 3.40. The second kappa shape index (κ2) is 5.93. The number of ether oxygens (including phenoxy) is 1. The molecule has 0 amide bonds. The second-order valence-corrected chi connectivity index (χ2v) is 5.73. The summed E-state index contributed by atoms with van der Waals surface area (Å²) in [6.07, 6.45) is 2.39. The summed E-state index contributed by atoms with van der Waals surface area (Å²) in [5, 5.41) is 3.38. The number of anilines is 1. The van der Waals surface area contributed by atoms with E-state index < -0.39 is 0 Å². The Morgan fingerprint density at radius 2 is 2.22 bits per heavy atom. The highest BCUT2D eigenvalue weighted by Gasteiger charge is 2.24. The molecule has 0 aliphatic carbocycles. The molecule has 0 bridgehead atoms. The number of methoxy groups -OCH3 is 1. The van der Waals surface area contributed by atoms with E-state index in [1.807, 2.05) is 6.07 Å². The molecule has 1 aliphatic heterocycles. The number of halogens is 1. The predicted molar refractivity (Wildman–Crippen MR) is 79.6 cm³/mol. The summed E-state index contributed by atoms with van der Waals surface area (Å²) in [5.74, 6) is 0.886. The minimum absolute atomic E-state index is 0.566. The number of hydrogen-bond donors (Lipinski definition) is 1. The van der Waals surface area contributed by atoms with Crippen molar-refractivity contribution in [2.24, 2.45) is 0 Å². The van der Waals surface area contributed by atoms with Gasteiger partial charge in [0.15, 0.2) is 0 Å². The monoisotopic (exact) mass is 312 g/mol. The van der Waals surface area contributed by atoms with Crippen LogP contribution >= 0.6 is 15.9 Å². The van der Waals surface area contributed by atoms with Gasteiger partial charge in [-0.3, -0.25) is 0 Å². The van der Waals surface area contributed by atoms with E-state index in [0.29, 0.717) is 12.1 Å². The van der Waals surface area contributed by atoms with Crippen molar-refractivity contribution in [3.05, 3.63) is 22.7 Å². The fourth-order valence-corrected chi connectivity index (χ4v) is 3.18. The van der Waals surface area contributed by atoms with Gasteiger partial charge in [0, 0.05) is 24.3 Å². The molecule has 0 saturated carbocycles. The van der Waals surface area contributed by atoms with Gasteiger partial charge in [-0.15, -0.1) is 0 Å². The van der Waals surface area contributed by atoms with Crippen LogP contribution < -0.4 is 15.0 Å². The predicted octanol–water partition coefficient (Wildman–Crippen LogP) is 3.03. The summed E-state index contributed by atoms with van der Waals surface area (Å²) in [6, 6.07) is 7.53. The van der Waals surface area contributed by atoms with E-state index in [1.165, 1.54) is 18.5 Å². The van der Waals surface area contributed by atoms with E-state index in [-0.39, 0.29) is 0 Å². The second-order valence-electron chi connectivity index (χ2n) is 4.87. The zero-order valence-electron chi connectivity index (χ0n) is 11.2. The lowest BCUT2D eigenvalue weighted by Crippen LogP contribution is -2.46. The molecule has 1 fully saturated rings. The third-order valence-corrected chi connectivity index (χ3v) is 4.37. The lowest BCUT2D eigenvalue weighted by atomic mass is 9.98. The van der Waals surface area contributed by atoms with Crippen LogP contribution in [-0.4, -0.2) is 32.8 Å². The molecule has 2 atom stereocenters. The van der Waals surface area contributed by atoms with Gasteiger partial charge in [0.25, 0.3) is 0 Å². The van der Waals surface area contributed by atoms with Crippen molar-refractivity contribution in [1.82, 2.24) is 5.32 Å². The molecule has 1 aromatic rings. The molecule has 0 aromatic heterocycles. The number of benzene rings is 1. The lowest BCUT2D eigenvalue weighted by Gasteiger charge is -2.39. The van der Waals surface area contributed by atoms with Crippen LogP contribution in [0, 0.1) is 0 Å². The number of hydrogen-bond acceptors (Lipinski definition) is 3. The Balaban J connectivity index is 2.14. The van der Waals surface area contributed by atoms with E-state index in [0.717, 1.165) is 16.8 Å². The van der Waals surface area contributed by atoms with Crippen molar-refractivity contribution in [3.63, 3.8) is 0 Å². The van der Waals surface area contributed by atoms with Crippen molar-refractivity contribution >= 4 is 21.6 Å². The molecule has 0 spiro atoms. The molecule has 2 rings (SSSR count). The summed E-state index contributed by atoms with van der Waals surface area (Å²) in [4.78, 5) is 2.47. The average molecular weight is 313 g/mol. The maximum Gasteiger partial charge on any atom is 0.133 e. The standard InChI is InChI=1S/C14H21BrN2O/c1-10-8-11(16-2)6-7-17(10)12-4-5-14(18-3)13(15)9-12/h4-5,9-11,16H,6-8H2,1-3H3. The first-order valence-corrected chi connectivity index (χ1v) is 7.22. The third kappa shape index (κ3) is 2.81. The Labute approximate surface area is 118 Å². The van der Waals surface area contributed by atoms with E-state index in [1.54, 1.807) is 7.11 Å². The maximum absolute atomic E-state index is 5.27. The summed E-state index contributed by atoms with van der Waals surface area (Å²) in [7, 11) is 3.75. The summed E-state index contributed by atoms with van der Waals surface area (Å²) < 4.78 is 6.29. The number of nitrogens with zero attached hydrogens (tertiary/aromatic N) is 1. The Kier molecular flexibility index (Phi) is 4.51. The minimum Gasteiger partial charge on any atom is -0.496 e. The molecular weight excluding hydrogens is 292 g/mol. The number of piperidine rings is 1. The van der Waals surface area contributed by atoms with Crippen molar-refractivity contribution in [2.75, 3.05) is 25.6 Å². The highest BCUT2D eigenvalue weighted by atomic mass is 79.9. The van der Waals surface area contributed by atoms with E-state index in [2.05, 4.69) is 52.3 Å². The van der Waals surface area contributed by atoms with Gasteiger partial charge in [0.1, 0.15) is 5.75 Å². The van der Waals surface area contributed by atoms with Crippen LogP contribution in [-0.2, 0) is 0 Å². The Bertz CT molecular complexity index is 411. The molecule has 0 radical (unpaired) electrons. The third-order valence-electron chi connectivity index (χ3n) is 3.75. The molecule has 100 valence electrons. The van der Waals surface area contributed by atoms with Gasteiger partial charge < -0.3 is 15.0 Å². The molecule has 1 aromatic carbocycles. The van der Waals surface area contributed by atoms with Crippen LogP contribution in [0.15, 0.2) is 22.7 Å². The zero-order chi connectivity index (χ0) is 13.1. The highest BCUT2D eigenvalue weighted by Crippen LogP contribution is 2.32. The molecule has 1 saturated heterocycles. The molecule has 1 N–H and O–H groups in total. The van der Waals surface area contributed by atoms with Crippen LogP contribution in [0.4, 0.5) is 5.69 Å². The first-order valence-electron chi connectivity index (χ1n) is 6.43. The molecule has 1 heterocycles. The fraction of sp³-hybridized carbons (Fsp3) is 0.571. The van der Waals surface area contributed by atoms with Crippen molar-refractivity contribution in [2.45, 2.75) is 31.8 Å². The minimum atomic E-state index is 0.566. The molecular formula is C14H21BrN2O. The maximum atomic E-state index is 5.27. The summed E-state index contributed by atoms with van der Waals surface area (Å²) >= 11 is 3.56. The lowest BCUT2D eigenvalue weighted by molar-refractivity contribution is 0.386. The molecule has 18 heavy (non-hydrogen) atoms. The quantitative estimate of drug-likeness (QED) is 0.928. The number of nitrogens with one attached hydrogen (secondary N) is 1. The van der Waals surface area contributed by atoms with Crippen LogP contribution in [0.5, 0.6) is 5.75 Å². The van der Waals surface area contributed by atoms with Gasteiger partial charge in [0.05, 0.1) is 11.6 Å². The Morgan fingerprint density at radius 1 is 1.44 bits per heavy atom. The van der Waals surface area contributed by atoms with E-state index in [4.69, 9.17) is 4.74 Å². The first kappa shape index (κ1) is 13.7. The molecule has 1 aliphatic rings. The van der Waals surface area contributed by atoms with Crippen LogP contribution in [0.2, 0.25) is 0 Å².